The molecule has 0 aliphatic heterocycles. The van der Waals surface area contributed by atoms with Crippen LogP contribution >= 0.6 is 0 Å². The van der Waals surface area contributed by atoms with Crippen molar-refractivity contribution in [2.24, 2.45) is 0 Å². The predicted molar refractivity (Wildman–Crippen MR) is 63.7 cm³/mol. The predicted octanol–water partition coefficient (Wildman–Crippen LogP) is 1.18. The molecule has 0 atom stereocenters. The molecule has 1 rings (SSSR count). The summed E-state index contributed by atoms with van der Waals surface area (Å²) in [4.78, 5) is 11.5. The lowest BCUT2D eigenvalue weighted by atomic mass is 9.83. The number of aliphatic hydroxyl groups excluding tert-OH is 1. The third kappa shape index (κ3) is 4.91. The van der Waals surface area contributed by atoms with E-state index in [2.05, 4.69) is 5.32 Å². The van der Waals surface area contributed by atoms with E-state index < -0.39 is 17.3 Å². The number of nitrogens with one attached hydrogen (secondary N) is 1. The number of rotatable bonds is 2. The van der Waals surface area contributed by atoms with Gasteiger partial charge in [0.25, 0.3) is 0 Å². The van der Waals surface area contributed by atoms with E-state index in [9.17, 15) is 9.90 Å². The van der Waals surface area contributed by atoms with Crippen LogP contribution in [0.4, 0.5) is 4.79 Å². The Labute approximate surface area is 102 Å². The Morgan fingerprint density at radius 2 is 1.94 bits per heavy atom. The van der Waals surface area contributed by atoms with Crippen LogP contribution in [0.5, 0.6) is 0 Å². The van der Waals surface area contributed by atoms with Gasteiger partial charge >= 0.3 is 6.09 Å². The molecule has 1 amide bonds. The van der Waals surface area contributed by atoms with Crippen LogP contribution in [-0.4, -0.2) is 40.2 Å². The van der Waals surface area contributed by atoms with Crippen molar-refractivity contribution in [2.75, 3.05) is 6.61 Å². The van der Waals surface area contributed by atoms with Gasteiger partial charge in [0, 0.05) is 6.04 Å². The van der Waals surface area contributed by atoms with Gasteiger partial charge in [0.1, 0.15) is 5.60 Å². The highest BCUT2D eigenvalue weighted by molar-refractivity contribution is 5.68. The number of ether oxygens (including phenoxy) is 1. The van der Waals surface area contributed by atoms with Gasteiger partial charge in [-0.1, -0.05) is 0 Å². The van der Waals surface area contributed by atoms with Crippen molar-refractivity contribution < 1.29 is 19.7 Å². The second-order valence-electron chi connectivity index (χ2n) is 5.80. The van der Waals surface area contributed by atoms with Gasteiger partial charge in [0.15, 0.2) is 0 Å². The third-order valence-electron chi connectivity index (χ3n) is 2.93. The van der Waals surface area contributed by atoms with Crippen LogP contribution in [-0.2, 0) is 4.74 Å². The molecule has 0 aromatic carbocycles. The van der Waals surface area contributed by atoms with Crippen molar-refractivity contribution in [3.63, 3.8) is 0 Å². The van der Waals surface area contributed by atoms with E-state index in [0.717, 1.165) is 0 Å². The first-order valence-electron chi connectivity index (χ1n) is 6.07. The molecule has 0 unspecified atom stereocenters. The van der Waals surface area contributed by atoms with E-state index in [1.807, 2.05) is 20.8 Å². The van der Waals surface area contributed by atoms with Crippen LogP contribution in [0.25, 0.3) is 0 Å². The lowest BCUT2D eigenvalue weighted by molar-refractivity contribution is -0.0479. The maximum atomic E-state index is 11.5. The van der Waals surface area contributed by atoms with E-state index in [0.29, 0.717) is 25.7 Å². The van der Waals surface area contributed by atoms with Crippen LogP contribution in [0.2, 0.25) is 0 Å². The number of amides is 1. The van der Waals surface area contributed by atoms with Crippen molar-refractivity contribution in [3.8, 4) is 0 Å². The first kappa shape index (κ1) is 14.3. The third-order valence-corrected chi connectivity index (χ3v) is 2.93. The molecule has 0 spiro atoms. The number of hydrogen-bond acceptors (Lipinski definition) is 4. The minimum absolute atomic E-state index is 0.0247. The maximum absolute atomic E-state index is 11.5. The van der Waals surface area contributed by atoms with Gasteiger partial charge in [-0.25, -0.2) is 4.79 Å². The first-order valence-corrected chi connectivity index (χ1v) is 6.07. The summed E-state index contributed by atoms with van der Waals surface area (Å²) in [7, 11) is 0. The Kier molecular flexibility index (Phi) is 4.38. The molecule has 5 heteroatoms. The highest BCUT2D eigenvalue weighted by Gasteiger charge is 2.33. The molecule has 100 valence electrons. The zero-order chi connectivity index (χ0) is 13.1. The van der Waals surface area contributed by atoms with Crippen molar-refractivity contribution in [1.29, 1.82) is 0 Å². The summed E-state index contributed by atoms with van der Waals surface area (Å²) in [5.41, 5.74) is -1.46. The Hall–Kier alpha value is -0.810. The van der Waals surface area contributed by atoms with Crippen molar-refractivity contribution >= 4 is 6.09 Å². The zero-order valence-corrected chi connectivity index (χ0v) is 10.8. The first-order chi connectivity index (χ1) is 7.74. The monoisotopic (exact) mass is 245 g/mol. The number of alkyl carbamates (subject to hydrolysis) is 1. The normalized spacial score (nSPS) is 29.8. The summed E-state index contributed by atoms with van der Waals surface area (Å²) < 4.78 is 5.16. The minimum atomic E-state index is -0.966. The lowest BCUT2D eigenvalue weighted by Crippen LogP contribution is -2.46. The quantitative estimate of drug-likeness (QED) is 0.682. The standard InChI is InChI=1S/C12H23NO4/c1-11(2,3)17-10(15)13-9-4-6-12(16,8-14)7-5-9/h9,14,16H,4-8H2,1-3H3,(H,13,15). The Morgan fingerprint density at radius 3 is 2.35 bits per heavy atom. The summed E-state index contributed by atoms with van der Waals surface area (Å²) in [6.07, 6.45) is 1.91. The van der Waals surface area contributed by atoms with E-state index in [4.69, 9.17) is 9.84 Å². The summed E-state index contributed by atoms with van der Waals surface area (Å²) in [5, 5.41) is 21.6. The summed E-state index contributed by atoms with van der Waals surface area (Å²) in [6, 6.07) is 0.0247. The zero-order valence-electron chi connectivity index (χ0n) is 10.8. The molecule has 0 radical (unpaired) electrons. The molecule has 0 aromatic rings. The van der Waals surface area contributed by atoms with Gasteiger partial charge in [-0.2, -0.15) is 0 Å². The fourth-order valence-corrected chi connectivity index (χ4v) is 1.93. The van der Waals surface area contributed by atoms with Crippen molar-refractivity contribution in [3.05, 3.63) is 0 Å². The van der Waals surface area contributed by atoms with E-state index in [-0.39, 0.29) is 12.6 Å². The molecule has 0 heterocycles. The van der Waals surface area contributed by atoms with Gasteiger partial charge in [0.05, 0.1) is 12.2 Å². The smallest absolute Gasteiger partial charge is 0.407 e. The molecule has 0 aromatic heterocycles. The van der Waals surface area contributed by atoms with E-state index in [1.165, 1.54) is 0 Å². The van der Waals surface area contributed by atoms with E-state index >= 15 is 0 Å². The summed E-state index contributed by atoms with van der Waals surface area (Å²) in [5.74, 6) is 0. The molecule has 1 saturated carbocycles. The largest absolute Gasteiger partial charge is 0.444 e. The SMILES string of the molecule is CC(C)(C)OC(=O)NC1CCC(O)(CO)CC1. The van der Waals surface area contributed by atoms with Crippen LogP contribution in [0.15, 0.2) is 0 Å². The van der Waals surface area contributed by atoms with Gasteiger partial charge in [-0.15, -0.1) is 0 Å². The van der Waals surface area contributed by atoms with E-state index in [1.54, 1.807) is 0 Å². The van der Waals surface area contributed by atoms with Crippen LogP contribution in [0, 0.1) is 0 Å². The fourth-order valence-electron chi connectivity index (χ4n) is 1.93. The average molecular weight is 245 g/mol. The number of carbonyl (C=O) groups is 1. The van der Waals surface area contributed by atoms with Crippen LogP contribution < -0.4 is 5.32 Å². The summed E-state index contributed by atoms with van der Waals surface area (Å²) in [6.45, 7) is 5.24. The van der Waals surface area contributed by atoms with Gasteiger partial charge < -0.3 is 20.3 Å². The van der Waals surface area contributed by atoms with Crippen LogP contribution in [0.3, 0.4) is 0 Å². The summed E-state index contributed by atoms with van der Waals surface area (Å²) >= 11 is 0. The fraction of sp³-hybridized carbons (Fsp3) is 0.917. The second-order valence-corrected chi connectivity index (χ2v) is 5.80. The molecule has 5 nitrogen and oxygen atoms in total. The maximum Gasteiger partial charge on any atom is 0.407 e. The Bertz CT molecular complexity index is 264. The second kappa shape index (κ2) is 5.23. The van der Waals surface area contributed by atoms with Gasteiger partial charge in [-0.05, 0) is 46.5 Å². The number of carbonyl (C=O) groups excluding carboxylic acids is 1. The average Bonchev–Trinajstić information content (AvgIpc) is 2.19. The molecule has 1 aliphatic rings. The van der Waals surface area contributed by atoms with Crippen molar-refractivity contribution in [1.82, 2.24) is 5.32 Å². The Balaban J connectivity index is 2.34. The Morgan fingerprint density at radius 1 is 1.41 bits per heavy atom. The molecule has 3 N–H and O–H groups in total. The molecule has 0 bridgehead atoms. The minimum Gasteiger partial charge on any atom is -0.444 e. The highest BCUT2D eigenvalue weighted by Crippen LogP contribution is 2.27. The van der Waals surface area contributed by atoms with Crippen molar-refractivity contribution in [2.45, 2.75) is 63.7 Å². The highest BCUT2D eigenvalue weighted by atomic mass is 16.6. The van der Waals surface area contributed by atoms with Gasteiger partial charge in [-0.3, -0.25) is 0 Å². The molecule has 17 heavy (non-hydrogen) atoms. The lowest BCUT2D eigenvalue weighted by Gasteiger charge is -2.35. The topological polar surface area (TPSA) is 78.8 Å². The number of aliphatic hydroxyl groups is 2. The molecular weight excluding hydrogens is 222 g/mol. The van der Waals surface area contributed by atoms with Gasteiger partial charge in [0.2, 0.25) is 0 Å². The molecule has 1 aliphatic carbocycles. The molecule has 0 saturated heterocycles. The molecule has 1 fully saturated rings. The number of hydrogen-bond donors (Lipinski definition) is 3. The van der Waals surface area contributed by atoms with Crippen LogP contribution in [0.1, 0.15) is 46.5 Å². The molecular formula is C12H23NO4.